The van der Waals surface area contributed by atoms with Crippen LogP contribution in [0.1, 0.15) is 0 Å². The minimum Gasteiger partial charge on any atom is -0.314 e. The number of thioether (sulfide) groups is 1. The highest BCUT2D eigenvalue weighted by molar-refractivity contribution is 7.99. The molecule has 4 heteroatoms. The van der Waals surface area contributed by atoms with E-state index < -0.39 is 0 Å². The smallest absolute Gasteiger partial charge is 0.0492 e. The SMILES string of the molecule is Clc1ccc(SCN2CCNCC2)cc1. The molecule has 15 heavy (non-hydrogen) atoms. The number of piperazine rings is 1. The molecule has 1 aliphatic heterocycles. The Bertz CT molecular complexity index is 296. The van der Waals surface area contributed by atoms with Gasteiger partial charge in [0.2, 0.25) is 0 Å². The maximum Gasteiger partial charge on any atom is 0.0492 e. The molecule has 0 saturated carbocycles. The summed E-state index contributed by atoms with van der Waals surface area (Å²) in [5.41, 5.74) is 0. The van der Waals surface area contributed by atoms with Crippen LogP contribution in [0.15, 0.2) is 29.2 Å². The number of rotatable bonds is 3. The zero-order valence-electron chi connectivity index (χ0n) is 8.58. The summed E-state index contributed by atoms with van der Waals surface area (Å²) in [6.07, 6.45) is 0. The number of benzene rings is 1. The van der Waals surface area contributed by atoms with Gasteiger partial charge in [0.15, 0.2) is 0 Å². The summed E-state index contributed by atoms with van der Waals surface area (Å²) in [5.74, 6) is 1.07. The molecular formula is C11H15ClN2S. The number of halogens is 1. The summed E-state index contributed by atoms with van der Waals surface area (Å²) < 4.78 is 0. The van der Waals surface area contributed by atoms with Crippen LogP contribution in [0.5, 0.6) is 0 Å². The molecule has 2 nitrogen and oxygen atoms in total. The van der Waals surface area contributed by atoms with Crippen molar-refractivity contribution < 1.29 is 0 Å². The Balaban J connectivity index is 1.79. The molecule has 2 rings (SSSR count). The van der Waals surface area contributed by atoms with E-state index in [1.165, 1.54) is 4.90 Å². The van der Waals surface area contributed by atoms with Crippen molar-refractivity contribution in [3.8, 4) is 0 Å². The Kier molecular flexibility index (Phi) is 4.32. The van der Waals surface area contributed by atoms with Crippen molar-refractivity contribution in [3.63, 3.8) is 0 Å². The van der Waals surface area contributed by atoms with Crippen LogP contribution in [0, 0.1) is 0 Å². The summed E-state index contributed by atoms with van der Waals surface area (Å²) in [6.45, 7) is 4.53. The van der Waals surface area contributed by atoms with Gasteiger partial charge in [-0.25, -0.2) is 0 Å². The van der Waals surface area contributed by atoms with Gasteiger partial charge >= 0.3 is 0 Å². The average Bonchev–Trinajstić information content (AvgIpc) is 2.30. The van der Waals surface area contributed by atoms with Crippen LogP contribution in [0.3, 0.4) is 0 Å². The lowest BCUT2D eigenvalue weighted by molar-refractivity contribution is 0.280. The van der Waals surface area contributed by atoms with E-state index in [4.69, 9.17) is 11.6 Å². The molecular weight excluding hydrogens is 228 g/mol. The normalized spacial score (nSPS) is 17.9. The van der Waals surface area contributed by atoms with Crippen molar-refractivity contribution in [2.24, 2.45) is 0 Å². The quantitative estimate of drug-likeness (QED) is 0.819. The van der Waals surface area contributed by atoms with E-state index in [0.717, 1.165) is 37.1 Å². The van der Waals surface area contributed by atoms with Gasteiger partial charge in [-0.15, -0.1) is 11.8 Å². The predicted octanol–water partition coefficient (Wildman–Crippen LogP) is 2.29. The molecule has 82 valence electrons. The first-order valence-corrected chi connectivity index (χ1v) is 6.52. The summed E-state index contributed by atoms with van der Waals surface area (Å²) in [5, 5.41) is 4.16. The third kappa shape index (κ3) is 3.68. The predicted molar refractivity (Wildman–Crippen MR) is 66.6 cm³/mol. The third-order valence-electron chi connectivity index (χ3n) is 2.44. The van der Waals surface area contributed by atoms with Crippen LogP contribution in [0.2, 0.25) is 5.02 Å². The lowest BCUT2D eigenvalue weighted by atomic mass is 10.4. The van der Waals surface area contributed by atoms with Crippen LogP contribution in [0.4, 0.5) is 0 Å². The molecule has 1 heterocycles. The van der Waals surface area contributed by atoms with Gasteiger partial charge in [0.25, 0.3) is 0 Å². The van der Waals surface area contributed by atoms with E-state index in [2.05, 4.69) is 22.3 Å². The van der Waals surface area contributed by atoms with Gasteiger partial charge in [-0.05, 0) is 24.3 Å². The van der Waals surface area contributed by atoms with Crippen molar-refractivity contribution in [2.75, 3.05) is 32.1 Å². The van der Waals surface area contributed by atoms with E-state index in [-0.39, 0.29) is 0 Å². The van der Waals surface area contributed by atoms with Crippen LogP contribution < -0.4 is 5.32 Å². The minimum atomic E-state index is 0.807. The fourth-order valence-corrected chi connectivity index (χ4v) is 2.58. The molecule has 1 aromatic rings. The maximum atomic E-state index is 5.83. The Hall–Kier alpha value is -0.220. The van der Waals surface area contributed by atoms with Crippen molar-refractivity contribution >= 4 is 23.4 Å². The molecule has 1 saturated heterocycles. The van der Waals surface area contributed by atoms with Crippen LogP contribution in [-0.4, -0.2) is 37.0 Å². The van der Waals surface area contributed by atoms with E-state index in [0.29, 0.717) is 0 Å². The summed E-state index contributed by atoms with van der Waals surface area (Å²) in [4.78, 5) is 3.76. The summed E-state index contributed by atoms with van der Waals surface area (Å²) in [6, 6.07) is 8.05. The number of nitrogens with zero attached hydrogens (tertiary/aromatic N) is 1. The highest BCUT2D eigenvalue weighted by Crippen LogP contribution is 2.21. The zero-order chi connectivity index (χ0) is 10.5. The molecule has 1 fully saturated rings. The Morgan fingerprint density at radius 3 is 2.53 bits per heavy atom. The second-order valence-electron chi connectivity index (χ2n) is 3.60. The number of hydrogen-bond acceptors (Lipinski definition) is 3. The minimum absolute atomic E-state index is 0.807. The van der Waals surface area contributed by atoms with E-state index in [1.807, 2.05) is 23.9 Å². The monoisotopic (exact) mass is 242 g/mol. The van der Waals surface area contributed by atoms with Gasteiger partial charge < -0.3 is 5.32 Å². The van der Waals surface area contributed by atoms with Gasteiger partial charge in [-0.1, -0.05) is 11.6 Å². The molecule has 0 radical (unpaired) electrons. The van der Waals surface area contributed by atoms with Gasteiger partial charge in [0.1, 0.15) is 0 Å². The maximum absolute atomic E-state index is 5.83. The van der Waals surface area contributed by atoms with Gasteiger partial charge in [0.05, 0.1) is 0 Å². The molecule has 0 unspecified atom stereocenters. The largest absolute Gasteiger partial charge is 0.314 e. The first-order valence-electron chi connectivity index (χ1n) is 5.16. The fraction of sp³-hybridized carbons (Fsp3) is 0.455. The molecule has 1 aromatic carbocycles. The van der Waals surface area contributed by atoms with E-state index in [1.54, 1.807) is 0 Å². The standard InChI is InChI=1S/C11H15ClN2S/c12-10-1-3-11(4-2-10)15-9-14-7-5-13-6-8-14/h1-4,13H,5-9H2. The molecule has 0 bridgehead atoms. The Labute approximate surface area is 100.0 Å². The summed E-state index contributed by atoms with van der Waals surface area (Å²) >= 11 is 7.71. The fourth-order valence-electron chi connectivity index (χ4n) is 1.54. The van der Waals surface area contributed by atoms with Crippen molar-refractivity contribution in [3.05, 3.63) is 29.3 Å². The third-order valence-corrected chi connectivity index (χ3v) is 3.79. The average molecular weight is 243 g/mol. The van der Waals surface area contributed by atoms with Crippen molar-refractivity contribution in [1.82, 2.24) is 10.2 Å². The molecule has 0 atom stereocenters. The van der Waals surface area contributed by atoms with Crippen LogP contribution in [0.25, 0.3) is 0 Å². The molecule has 1 N–H and O–H groups in total. The van der Waals surface area contributed by atoms with Crippen LogP contribution in [-0.2, 0) is 0 Å². The van der Waals surface area contributed by atoms with Gasteiger partial charge in [0, 0.05) is 42.0 Å². The molecule has 0 spiro atoms. The highest BCUT2D eigenvalue weighted by Gasteiger charge is 2.08. The second kappa shape index (κ2) is 5.75. The number of nitrogens with one attached hydrogen (secondary N) is 1. The lowest BCUT2D eigenvalue weighted by Gasteiger charge is -2.26. The van der Waals surface area contributed by atoms with E-state index in [9.17, 15) is 0 Å². The molecule has 0 amide bonds. The topological polar surface area (TPSA) is 15.3 Å². The highest BCUT2D eigenvalue weighted by atomic mass is 35.5. The summed E-state index contributed by atoms with van der Waals surface area (Å²) in [7, 11) is 0. The lowest BCUT2D eigenvalue weighted by Crippen LogP contribution is -2.43. The zero-order valence-corrected chi connectivity index (χ0v) is 10.2. The Morgan fingerprint density at radius 1 is 1.20 bits per heavy atom. The van der Waals surface area contributed by atoms with Gasteiger partial charge in [-0.2, -0.15) is 0 Å². The van der Waals surface area contributed by atoms with Gasteiger partial charge in [-0.3, -0.25) is 4.90 Å². The second-order valence-corrected chi connectivity index (χ2v) is 5.05. The molecule has 1 aliphatic rings. The van der Waals surface area contributed by atoms with Crippen molar-refractivity contribution in [1.29, 1.82) is 0 Å². The Morgan fingerprint density at radius 2 is 1.87 bits per heavy atom. The first-order chi connectivity index (χ1) is 7.34. The van der Waals surface area contributed by atoms with Crippen LogP contribution >= 0.6 is 23.4 Å². The van der Waals surface area contributed by atoms with E-state index >= 15 is 0 Å². The molecule has 0 aliphatic carbocycles. The van der Waals surface area contributed by atoms with Crippen molar-refractivity contribution in [2.45, 2.75) is 4.90 Å². The number of hydrogen-bond donors (Lipinski definition) is 1. The first kappa shape index (κ1) is 11.3. The molecule has 0 aromatic heterocycles.